The van der Waals surface area contributed by atoms with E-state index in [0.717, 1.165) is 53.9 Å². The molecular weight excluding hydrogens is 338 g/mol. The zero-order valence-electron chi connectivity index (χ0n) is 15.5. The quantitative estimate of drug-likeness (QED) is 0.851. The molecule has 0 spiro atoms. The smallest absolute Gasteiger partial charge is 0.231 e. The number of amides is 1. The van der Waals surface area contributed by atoms with Crippen molar-refractivity contribution in [2.24, 2.45) is 5.92 Å². The second-order valence-corrected chi connectivity index (χ2v) is 7.26. The van der Waals surface area contributed by atoms with E-state index < -0.39 is 0 Å². The summed E-state index contributed by atoms with van der Waals surface area (Å²) in [7, 11) is 1.85. The third-order valence-electron chi connectivity index (χ3n) is 5.53. The number of nitrogens with zero attached hydrogens (tertiary/aromatic N) is 4. The molecular formula is C21H23N5O. The van der Waals surface area contributed by atoms with Crippen molar-refractivity contribution < 1.29 is 4.79 Å². The number of hydrogen-bond acceptors (Lipinski definition) is 5. The van der Waals surface area contributed by atoms with E-state index in [9.17, 15) is 10.1 Å². The van der Waals surface area contributed by atoms with Gasteiger partial charge < -0.3 is 15.1 Å². The first-order chi connectivity index (χ1) is 13.2. The van der Waals surface area contributed by atoms with Crippen molar-refractivity contribution in [3.8, 4) is 17.3 Å². The van der Waals surface area contributed by atoms with Crippen molar-refractivity contribution in [2.45, 2.75) is 25.9 Å². The first kappa shape index (κ1) is 17.5. The molecule has 1 N–H and O–H groups in total. The highest BCUT2D eigenvalue weighted by Gasteiger charge is 2.28. The van der Waals surface area contributed by atoms with Crippen LogP contribution in [0.3, 0.4) is 0 Å². The fourth-order valence-corrected chi connectivity index (χ4v) is 4.01. The Kier molecular flexibility index (Phi) is 4.78. The molecule has 1 saturated heterocycles. The monoisotopic (exact) mass is 361 g/mol. The number of anilines is 1. The van der Waals surface area contributed by atoms with Gasteiger partial charge in [-0.2, -0.15) is 5.26 Å². The second-order valence-electron chi connectivity index (χ2n) is 7.26. The predicted octanol–water partition coefficient (Wildman–Crippen LogP) is 2.51. The van der Waals surface area contributed by atoms with E-state index in [1.54, 1.807) is 22.2 Å². The van der Waals surface area contributed by atoms with E-state index in [1.165, 1.54) is 0 Å². The highest BCUT2D eigenvalue weighted by Crippen LogP contribution is 2.36. The molecule has 1 aromatic carbocycles. The second kappa shape index (κ2) is 7.37. The van der Waals surface area contributed by atoms with Gasteiger partial charge >= 0.3 is 0 Å². The van der Waals surface area contributed by atoms with E-state index in [2.05, 4.69) is 28.6 Å². The fourth-order valence-electron chi connectivity index (χ4n) is 4.01. The number of carbonyl (C=O) groups excluding carboxylic acids is 1. The highest BCUT2D eigenvalue weighted by molar-refractivity contribution is 5.95. The Morgan fingerprint density at radius 2 is 2.15 bits per heavy atom. The molecule has 1 fully saturated rings. The zero-order valence-corrected chi connectivity index (χ0v) is 15.5. The number of benzene rings is 1. The Hall–Kier alpha value is -2.91. The molecule has 6 nitrogen and oxygen atoms in total. The number of pyridine rings is 1. The summed E-state index contributed by atoms with van der Waals surface area (Å²) >= 11 is 0. The number of fused-ring (bicyclic) bond motifs is 1. The first-order valence-corrected chi connectivity index (χ1v) is 9.36. The maximum Gasteiger partial charge on any atom is 0.231 e. The number of nitriles is 1. The minimum Gasteiger partial charge on any atom is -0.316 e. The van der Waals surface area contributed by atoms with Crippen LogP contribution in [0.5, 0.6) is 0 Å². The van der Waals surface area contributed by atoms with Crippen LogP contribution in [0.2, 0.25) is 0 Å². The van der Waals surface area contributed by atoms with Gasteiger partial charge in [0.15, 0.2) is 6.19 Å². The SMILES string of the molecule is CN(C(=O)[C@@H]1CCCNC1)c1cc2c(c(-c3ccncc3)c1)CN(C#N)C2. The summed E-state index contributed by atoms with van der Waals surface area (Å²) in [6.45, 7) is 2.93. The third kappa shape index (κ3) is 3.38. The summed E-state index contributed by atoms with van der Waals surface area (Å²) in [6.07, 6.45) is 7.76. The van der Waals surface area contributed by atoms with E-state index in [0.29, 0.717) is 13.1 Å². The van der Waals surface area contributed by atoms with Gasteiger partial charge in [-0.05, 0) is 65.9 Å². The predicted molar refractivity (Wildman–Crippen MR) is 104 cm³/mol. The van der Waals surface area contributed by atoms with Crippen LogP contribution in [0.1, 0.15) is 24.0 Å². The molecule has 0 bridgehead atoms. The van der Waals surface area contributed by atoms with Gasteiger partial charge in [-0.25, -0.2) is 0 Å². The van der Waals surface area contributed by atoms with Crippen molar-refractivity contribution in [3.05, 3.63) is 47.8 Å². The Bertz CT molecular complexity index is 883. The van der Waals surface area contributed by atoms with Gasteiger partial charge in [-0.1, -0.05) is 0 Å². The topological polar surface area (TPSA) is 72.3 Å². The molecule has 4 rings (SSSR count). The average Bonchev–Trinajstić information content (AvgIpc) is 3.16. The molecule has 1 aromatic heterocycles. The van der Waals surface area contributed by atoms with Crippen molar-refractivity contribution in [1.82, 2.24) is 15.2 Å². The van der Waals surface area contributed by atoms with E-state index in [4.69, 9.17) is 0 Å². The minimum absolute atomic E-state index is 0.0250. The van der Waals surface area contributed by atoms with Crippen LogP contribution in [0.15, 0.2) is 36.7 Å². The molecule has 2 aliphatic heterocycles. The van der Waals surface area contributed by atoms with Crippen LogP contribution < -0.4 is 10.2 Å². The Morgan fingerprint density at radius 3 is 2.85 bits per heavy atom. The minimum atomic E-state index is 0.0250. The summed E-state index contributed by atoms with van der Waals surface area (Å²) in [4.78, 5) is 20.6. The lowest BCUT2D eigenvalue weighted by Crippen LogP contribution is -2.41. The van der Waals surface area contributed by atoms with Gasteiger partial charge in [-0.3, -0.25) is 9.78 Å². The fraction of sp³-hybridized carbons (Fsp3) is 0.381. The van der Waals surface area contributed by atoms with E-state index in [-0.39, 0.29) is 11.8 Å². The summed E-state index contributed by atoms with van der Waals surface area (Å²) in [5.41, 5.74) is 5.29. The average molecular weight is 361 g/mol. The van der Waals surface area contributed by atoms with Gasteiger partial charge in [0, 0.05) is 31.7 Å². The van der Waals surface area contributed by atoms with E-state index in [1.807, 2.05) is 19.2 Å². The van der Waals surface area contributed by atoms with Crippen molar-refractivity contribution >= 4 is 11.6 Å². The van der Waals surface area contributed by atoms with Crippen molar-refractivity contribution in [3.63, 3.8) is 0 Å². The molecule has 2 aliphatic rings. The number of aromatic nitrogens is 1. The Morgan fingerprint density at radius 1 is 1.33 bits per heavy atom. The molecule has 1 amide bonds. The number of nitrogens with one attached hydrogen (secondary N) is 1. The number of piperidine rings is 1. The number of rotatable bonds is 3. The highest BCUT2D eigenvalue weighted by atomic mass is 16.2. The molecule has 0 saturated carbocycles. The van der Waals surface area contributed by atoms with Crippen LogP contribution in [-0.2, 0) is 17.9 Å². The maximum atomic E-state index is 13.0. The molecule has 3 heterocycles. The van der Waals surface area contributed by atoms with Crippen molar-refractivity contribution in [1.29, 1.82) is 5.26 Å². The van der Waals surface area contributed by atoms with Crippen LogP contribution in [0.25, 0.3) is 11.1 Å². The molecule has 0 aliphatic carbocycles. The number of carbonyl (C=O) groups is 1. The van der Waals surface area contributed by atoms with E-state index >= 15 is 0 Å². The van der Waals surface area contributed by atoms with Gasteiger partial charge in [0.05, 0.1) is 19.0 Å². The molecule has 0 unspecified atom stereocenters. The Labute approximate surface area is 159 Å². The normalized spacial score (nSPS) is 18.7. The van der Waals surface area contributed by atoms with Gasteiger partial charge in [0.2, 0.25) is 5.91 Å². The number of hydrogen-bond donors (Lipinski definition) is 1. The van der Waals surface area contributed by atoms with Crippen LogP contribution >= 0.6 is 0 Å². The standard InChI is InChI=1S/C21H23N5O/c1-25(21(27)16-3-2-6-24-11-16)18-9-17-12-26(14-22)13-20(17)19(10-18)15-4-7-23-8-5-15/h4-5,7-10,16,24H,2-3,6,11-13H2,1H3/t16-/m1/s1. The molecule has 1 atom stereocenters. The lowest BCUT2D eigenvalue weighted by atomic mass is 9.95. The van der Waals surface area contributed by atoms with Gasteiger partial charge in [0.1, 0.15) is 0 Å². The molecule has 27 heavy (non-hydrogen) atoms. The lowest BCUT2D eigenvalue weighted by molar-refractivity contribution is -0.122. The van der Waals surface area contributed by atoms with Crippen LogP contribution in [0, 0.1) is 17.4 Å². The van der Waals surface area contributed by atoms with Gasteiger partial charge in [-0.15, -0.1) is 0 Å². The lowest BCUT2D eigenvalue weighted by Gasteiger charge is -2.28. The molecule has 138 valence electrons. The summed E-state index contributed by atoms with van der Waals surface area (Å²) in [5.74, 6) is 0.176. The molecule has 6 heteroatoms. The Balaban J connectivity index is 1.72. The third-order valence-corrected chi connectivity index (χ3v) is 5.53. The summed E-state index contributed by atoms with van der Waals surface area (Å²) in [5, 5.41) is 12.6. The maximum absolute atomic E-state index is 13.0. The zero-order chi connectivity index (χ0) is 18.8. The molecule has 2 aromatic rings. The van der Waals surface area contributed by atoms with Crippen LogP contribution in [-0.4, -0.2) is 35.9 Å². The molecule has 0 radical (unpaired) electrons. The van der Waals surface area contributed by atoms with Crippen LogP contribution in [0.4, 0.5) is 5.69 Å². The summed E-state index contributed by atoms with van der Waals surface area (Å²) < 4.78 is 0. The van der Waals surface area contributed by atoms with Crippen molar-refractivity contribution in [2.75, 3.05) is 25.0 Å². The first-order valence-electron chi connectivity index (χ1n) is 9.36. The largest absolute Gasteiger partial charge is 0.316 e. The van der Waals surface area contributed by atoms with Gasteiger partial charge in [0.25, 0.3) is 0 Å². The summed E-state index contributed by atoms with van der Waals surface area (Å²) in [6, 6.07) is 8.08.